The van der Waals surface area contributed by atoms with Crippen molar-refractivity contribution in [2.24, 2.45) is 0 Å². The van der Waals surface area contributed by atoms with Gasteiger partial charge in [0.05, 0.1) is 0 Å². The van der Waals surface area contributed by atoms with Crippen molar-refractivity contribution in [3.8, 4) is 11.1 Å². The molecule has 0 saturated heterocycles. The Bertz CT molecular complexity index is 667. The average Bonchev–Trinajstić information content (AvgIpc) is 2.44. The van der Waals surface area contributed by atoms with Gasteiger partial charge in [-0.15, -0.1) is 0 Å². The van der Waals surface area contributed by atoms with Gasteiger partial charge in [-0.05, 0) is 34.9 Å². The maximum atomic E-state index is 11.7. The molecule has 0 unspecified atom stereocenters. The second-order valence-corrected chi connectivity index (χ2v) is 4.19. The molecule has 0 atom stereocenters. The van der Waals surface area contributed by atoms with E-state index in [-0.39, 0.29) is 0 Å². The second kappa shape index (κ2) is 4.08. The number of Topliss-reactive ketones (excluding diaryl/α,β-unsaturated/α-hetero) is 1. The third kappa shape index (κ3) is 1.68. The molecule has 0 radical (unpaired) electrons. The molecule has 2 nitrogen and oxygen atoms in total. The highest BCUT2D eigenvalue weighted by atomic mass is 16.2. The van der Waals surface area contributed by atoms with Crippen molar-refractivity contribution in [1.29, 1.82) is 0 Å². The van der Waals surface area contributed by atoms with Crippen molar-refractivity contribution in [3.05, 3.63) is 65.7 Å². The van der Waals surface area contributed by atoms with Crippen LogP contribution in [0.5, 0.6) is 0 Å². The summed E-state index contributed by atoms with van der Waals surface area (Å²) in [5.41, 5.74) is 3.43. The second-order valence-electron chi connectivity index (χ2n) is 4.19. The normalized spacial score (nSPS) is 13.6. The van der Waals surface area contributed by atoms with Gasteiger partial charge in [-0.25, -0.2) is 0 Å². The zero-order chi connectivity index (χ0) is 12.5. The molecule has 0 aliphatic heterocycles. The summed E-state index contributed by atoms with van der Waals surface area (Å²) in [6.07, 6.45) is 3.03. The first-order valence-corrected chi connectivity index (χ1v) is 5.72. The summed E-state index contributed by atoms with van der Waals surface area (Å²) < 4.78 is 0. The van der Waals surface area contributed by atoms with Crippen LogP contribution in [0.25, 0.3) is 17.2 Å². The van der Waals surface area contributed by atoms with Crippen LogP contribution in [0.15, 0.2) is 54.6 Å². The molecule has 3 rings (SSSR count). The minimum Gasteiger partial charge on any atom is -0.286 e. The van der Waals surface area contributed by atoms with Crippen LogP contribution in [-0.4, -0.2) is 11.6 Å². The van der Waals surface area contributed by atoms with E-state index in [0.717, 1.165) is 16.7 Å². The lowest BCUT2D eigenvalue weighted by molar-refractivity contribution is -0.110. The molecule has 18 heavy (non-hydrogen) atoms. The standard InChI is InChI=1S/C16H10O2/c17-15-9-7-13-10-12(6-8-14(13)16(15)18)11-4-2-1-3-5-11/h1-10H. The van der Waals surface area contributed by atoms with Gasteiger partial charge in [0.1, 0.15) is 0 Å². The highest BCUT2D eigenvalue weighted by Gasteiger charge is 2.20. The van der Waals surface area contributed by atoms with Crippen molar-refractivity contribution < 1.29 is 9.59 Å². The van der Waals surface area contributed by atoms with Crippen molar-refractivity contribution in [2.75, 3.05) is 0 Å². The molecule has 0 aromatic heterocycles. The van der Waals surface area contributed by atoms with Crippen LogP contribution in [0.1, 0.15) is 15.9 Å². The Hall–Kier alpha value is -2.48. The van der Waals surface area contributed by atoms with E-state index in [1.807, 2.05) is 42.5 Å². The highest BCUT2D eigenvalue weighted by molar-refractivity contribution is 6.50. The van der Waals surface area contributed by atoms with E-state index in [2.05, 4.69) is 0 Å². The van der Waals surface area contributed by atoms with E-state index >= 15 is 0 Å². The van der Waals surface area contributed by atoms with Gasteiger partial charge in [-0.1, -0.05) is 42.5 Å². The molecular formula is C16H10O2. The van der Waals surface area contributed by atoms with Gasteiger partial charge in [0.15, 0.2) is 0 Å². The molecule has 0 spiro atoms. The molecule has 86 valence electrons. The van der Waals surface area contributed by atoms with Crippen LogP contribution in [0.2, 0.25) is 0 Å². The van der Waals surface area contributed by atoms with Crippen LogP contribution >= 0.6 is 0 Å². The molecule has 0 N–H and O–H groups in total. The Morgan fingerprint density at radius 1 is 0.722 bits per heavy atom. The smallest absolute Gasteiger partial charge is 0.233 e. The third-order valence-electron chi connectivity index (χ3n) is 3.04. The van der Waals surface area contributed by atoms with Crippen LogP contribution < -0.4 is 0 Å². The number of carbonyl (C=O) groups is 2. The number of ketones is 2. The summed E-state index contributed by atoms with van der Waals surface area (Å²) in [5.74, 6) is -0.873. The van der Waals surface area contributed by atoms with E-state index in [0.29, 0.717) is 5.56 Å². The number of benzene rings is 2. The van der Waals surface area contributed by atoms with E-state index in [1.165, 1.54) is 6.08 Å². The van der Waals surface area contributed by atoms with E-state index < -0.39 is 11.6 Å². The lowest BCUT2D eigenvalue weighted by atomic mass is 9.92. The first-order chi connectivity index (χ1) is 8.75. The lowest BCUT2D eigenvalue weighted by Crippen LogP contribution is -2.15. The van der Waals surface area contributed by atoms with Crippen LogP contribution in [-0.2, 0) is 4.79 Å². The molecule has 0 heterocycles. The third-order valence-corrected chi connectivity index (χ3v) is 3.04. The van der Waals surface area contributed by atoms with Gasteiger partial charge < -0.3 is 0 Å². The minimum absolute atomic E-state index is 0.424. The number of allylic oxidation sites excluding steroid dienone is 1. The number of hydrogen-bond acceptors (Lipinski definition) is 2. The minimum atomic E-state index is -0.449. The lowest BCUT2D eigenvalue weighted by Gasteiger charge is -2.10. The first kappa shape index (κ1) is 10.7. The maximum Gasteiger partial charge on any atom is 0.233 e. The van der Waals surface area contributed by atoms with Gasteiger partial charge in [-0.2, -0.15) is 0 Å². The summed E-state index contributed by atoms with van der Waals surface area (Å²) in [6, 6.07) is 15.5. The van der Waals surface area contributed by atoms with E-state index in [9.17, 15) is 9.59 Å². The Kier molecular flexibility index (Phi) is 2.41. The number of fused-ring (bicyclic) bond motifs is 1. The van der Waals surface area contributed by atoms with Gasteiger partial charge >= 0.3 is 0 Å². The summed E-state index contributed by atoms with van der Waals surface area (Å²) >= 11 is 0. The number of hydrogen-bond donors (Lipinski definition) is 0. The fourth-order valence-electron chi connectivity index (χ4n) is 2.09. The van der Waals surface area contributed by atoms with Gasteiger partial charge in [0.25, 0.3) is 0 Å². The summed E-state index contributed by atoms with van der Waals surface area (Å²) in [7, 11) is 0. The summed E-state index contributed by atoms with van der Waals surface area (Å²) in [6.45, 7) is 0. The Morgan fingerprint density at radius 2 is 1.50 bits per heavy atom. The zero-order valence-electron chi connectivity index (χ0n) is 9.59. The Balaban J connectivity index is 2.12. The molecule has 2 aromatic carbocycles. The quantitative estimate of drug-likeness (QED) is 0.710. The topological polar surface area (TPSA) is 34.1 Å². The highest BCUT2D eigenvalue weighted by Crippen LogP contribution is 2.25. The molecule has 0 saturated carbocycles. The van der Waals surface area contributed by atoms with Crippen molar-refractivity contribution in [2.45, 2.75) is 0 Å². The molecule has 1 aliphatic rings. The van der Waals surface area contributed by atoms with Gasteiger partial charge in [-0.3, -0.25) is 9.59 Å². The number of carbonyl (C=O) groups excluding carboxylic acids is 2. The maximum absolute atomic E-state index is 11.7. The molecule has 0 fully saturated rings. The van der Waals surface area contributed by atoms with E-state index in [1.54, 1.807) is 12.1 Å². The molecule has 0 bridgehead atoms. The van der Waals surface area contributed by atoms with Gasteiger partial charge in [0, 0.05) is 5.56 Å². The molecular weight excluding hydrogens is 224 g/mol. The number of rotatable bonds is 1. The van der Waals surface area contributed by atoms with Crippen molar-refractivity contribution in [1.82, 2.24) is 0 Å². The largest absolute Gasteiger partial charge is 0.286 e. The van der Waals surface area contributed by atoms with E-state index in [4.69, 9.17) is 0 Å². The van der Waals surface area contributed by atoms with Crippen molar-refractivity contribution in [3.63, 3.8) is 0 Å². The van der Waals surface area contributed by atoms with Crippen LogP contribution in [0, 0.1) is 0 Å². The Labute approximate surface area is 105 Å². The zero-order valence-corrected chi connectivity index (χ0v) is 9.59. The monoisotopic (exact) mass is 234 g/mol. The molecule has 2 heteroatoms. The molecule has 0 amide bonds. The Morgan fingerprint density at radius 3 is 2.28 bits per heavy atom. The fourth-order valence-corrected chi connectivity index (χ4v) is 2.09. The summed E-state index contributed by atoms with van der Waals surface area (Å²) in [5, 5.41) is 0. The predicted molar refractivity (Wildman–Crippen MR) is 70.2 cm³/mol. The summed E-state index contributed by atoms with van der Waals surface area (Å²) in [4.78, 5) is 22.9. The molecule has 2 aromatic rings. The molecule has 1 aliphatic carbocycles. The fraction of sp³-hybridized carbons (Fsp3) is 0. The predicted octanol–water partition coefficient (Wildman–Crippen LogP) is 3.13. The first-order valence-electron chi connectivity index (χ1n) is 5.72. The SMILES string of the molecule is O=C1C=Cc2cc(-c3ccccc3)ccc2C1=O. The van der Waals surface area contributed by atoms with Crippen molar-refractivity contribution >= 4 is 17.6 Å². The van der Waals surface area contributed by atoms with Crippen LogP contribution in [0.4, 0.5) is 0 Å². The van der Waals surface area contributed by atoms with Crippen LogP contribution in [0.3, 0.4) is 0 Å². The average molecular weight is 234 g/mol. The van der Waals surface area contributed by atoms with Gasteiger partial charge in [0.2, 0.25) is 11.6 Å².